The Morgan fingerprint density at radius 3 is 2.64 bits per heavy atom. The summed E-state index contributed by atoms with van der Waals surface area (Å²) in [5.74, 6) is -0.424. The summed E-state index contributed by atoms with van der Waals surface area (Å²) >= 11 is 12.2. The molecule has 1 aliphatic heterocycles. The lowest BCUT2D eigenvalue weighted by Crippen LogP contribution is -2.32. The molecular formula is C19H20Cl2N2O4S. The van der Waals surface area contributed by atoms with Gasteiger partial charge in [0.2, 0.25) is 10.0 Å². The van der Waals surface area contributed by atoms with Gasteiger partial charge in [-0.05, 0) is 42.7 Å². The lowest BCUT2D eigenvalue weighted by Gasteiger charge is -2.13. The van der Waals surface area contributed by atoms with E-state index in [4.69, 9.17) is 27.9 Å². The normalized spacial score (nSPS) is 16.9. The van der Waals surface area contributed by atoms with Crippen molar-refractivity contribution in [2.45, 2.75) is 30.4 Å². The van der Waals surface area contributed by atoms with E-state index >= 15 is 0 Å². The average molecular weight is 443 g/mol. The monoisotopic (exact) mass is 442 g/mol. The highest BCUT2D eigenvalue weighted by Gasteiger charge is 2.23. The molecule has 6 nitrogen and oxygen atoms in total. The van der Waals surface area contributed by atoms with Crippen molar-refractivity contribution in [3.63, 3.8) is 0 Å². The standard InChI is InChI=1S/C19H20Cl2N2O4S/c20-16-6-2-1-4-14(16)11-22-19(24)13-7-8-17(21)18(10-13)28(25,26)23-12-15-5-3-9-27-15/h1-2,4,6-8,10,15,23H,3,5,9,11-12H2,(H,22,24). The molecule has 0 spiro atoms. The zero-order valence-corrected chi connectivity index (χ0v) is 17.3. The third-order valence-electron chi connectivity index (χ3n) is 4.41. The van der Waals surface area contributed by atoms with Crippen LogP contribution in [0.2, 0.25) is 10.0 Å². The van der Waals surface area contributed by atoms with Gasteiger partial charge >= 0.3 is 0 Å². The van der Waals surface area contributed by atoms with Gasteiger partial charge in [-0.1, -0.05) is 41.4 Å². The molecule has 28 heavy (non-hydrogen) atoms. The molecule has 2 aromatic rings. The highest BCUT2D eigenvalue weighted by molar-refractivity contribution is 7.89. The van der Waals surface area contributed by atoms with Crippen LogP contribution in [0.3, 0.4) is 0 Å². The fourth-order valence-electron chi connectivity index (χ4n) is 2.86. The Labute approximate surface area is 174 Å². The van der Waals surface area contributed by atoms with Crippen molar-refractivity contribution in [1.82, 2.24) is 10.0 Å². The zero-order valence-electron chi connectivity index (χ0n) is 15.0. The van der Waals surface area contributed by atoms with Crippen LogP contribution in [-0.2, 0) is 21.3 Å². The molecule has 0 aliphatic carbocycles. The van der Waals surface area contributed by atoms with Crippen LogP contribution in [0.5, 0.6) is 0 Å². The number of halogens is 2. The number of rotatable bonds is 7. The fourth-order valence-corrected chi connectivity index (χ4v) is 4.65. The molecule has 2 N–H and O–H groups in total. The quantitative estimate of drug-likeness (QED) is 0.687. The van der Waals surface area contributed by atoms with E-state index in [1.165, 1.54) is 18.2 Å². The molecule has 1 atom stereocenters. The van der Waals surface area contributed by atoms with E-state index in [9.17, 15) is 13.2 Å². The first-order chi connectivity index (χ1) is 13.4. The maximum atomic E-state index is 12.6. The molecule has 1 aliphatic rings. The number of hydrogen-bond acceptors (Lipinski definition) is 4. The van der Waals surface area contributed by atoms with Gasteiger partial charge in [0.25, 0.3) is 5.91 Å². The third kappa shape index (κ3) is 5.24. The maximum absolute atomic E-state index is 12.6. The number of hydrogen-bond donors (Lipinski definition) is 2. The molecule has 2 aromatic carbocycles. The van der Waals surface area contributed by atoms with Gasteiger partial charge in [-0.2, -0.15) is 0 Å². The van der Waals surface area contributed by atoms with Crippen molar-refractivity contribution < 1.29 is 17.9 Å². The topological polar surface area (TPSA) is 84.5 Å². The summed E-state index contributed by atoms with van der Waals surface area (Å²) in [4.78, 5) is 12.3. The van der Waals surface area contributed by atoms with Crippen LogP contribution in [0.15, 0.2) is 47.4 Å². The van der Waals surface area contributed by atoms with E-state index in [1.807, 2.05) is 6.07 Å². The molecule has 1 heterocycles. The number of ether oxygens (including phenoxy) is 1. The molecule has 150 valence electrons. The van der Waals surface area contributed by atoms with Crippen LogP contribution in [0.25, 0.3) is 0 Å². The Bertz CT molecular complexity index is 960. The minimum atomic E-state index is -3.87. The van der Waals surface area contributed by atoms with E-state index in [-0.39, 0.29) is 34.7 Å². The second-order valence-electron chi connectivity index (χ2n) is 6.41. The smallest absolute Gasteiger partial charge is 0.251 e. The van der Waals surface area contributed by atoms with Gasteiger partial charge < -0.3 is 10.1 Å². The Balaban J connectivity index is 1.71. The van der Waals surface area contributed by atoms with Crippen LogP contribution in [0.4, 0.5) is 0 Å². The second kappa shape index (κ2) is 9.24. The Morgan fingerprint density at radius 1 is 1.14 bits per heavy atom. The number of nitrogens with one attached hydrogen (secondary N) is 2. The minimum absolute atomic E-state index is 0.0440. The molecule has 3 rings (SSSR count). The molecule has 1 unspecified atom stereocenters. The van der Waals surface area contributed by atoms with Crippen molar-refractivity contribution >= 4 is 39.1 Å². The van der Waals surface area contributed by atoms with Crippen molar-refractivity contribution in [3.05, 3.63) is 63.6 Å². The third-order valence-corrected chi connectivity index (χ3v) is 6.68. The van der Waals surface area contributed by atoms with Gasteiger partial charge in [0, 0.05) is 30.3 Å². The molecule has 0 saturated carbocycles. The van der Waals surface area contributed by atoms with Crippen molar-refractivity contribution in [3.8, 4) is 0 Å². The zero-order chi connectivity index (χ0) is 20.1. The molecule has 9 heteroatoms. The summed E-state index contributed by atoms with van der Waals surface area (Å²) in [5, 5.41) is 3.32. The second-order valence-corrected chi connectivity index (χ2v) is 8.96. The predicted octanol–water partition coefficient (Wildman–Crippen LogP) is 3.38. The van der Waals surface area contributed by atoms with E-state index in [2.05, 4.69) is 10.0 Å². The number of carbonyl (C=O) groups excluding carboxylic acids is 1. The SMILES string of the molecule is O=C(NCc1ccccc1Cl)c1ccc(Cl)c(S(=O)(=O)NCC2CCCO2)c1. The fraction of sp³-hybridized carbons (Fsp3) is 0.316. The van der Waals surface area contributed by atoms with Gasteiger partial charge in [0.05, 0.1) is 11.1 Å². The Kier molecular flexibility index (Phi) is 6.95. The van der Waals surface area contributed by atoms with Crippen molar-refractivity contribution in [2.75, 3.05) is 13.2 Å². The van der Waals surface area contributed by atoms with Crippen LogP contribution < -0.4 is 10.0 Å². The van der Waals surface area contributed by atoms with E-state index < -0.39 is 15.9 Å². The number of amides is 1. The van der Waals surface area contributed by atoms with Crippen LogP contribution >= 0.6 is 23.2 Å². The van der Waals surface area contributed by atoms with E-state index in [1.54, 1.807) is 18.2 Å². The van der Waals surface area contributed by atoms with Gasteiger partial charge in [-0.15, -0.1) is 0 Å². The van der Waals surface area contributed by atoms with Gasteiger partial charge in [0.15, 0.2) is 0 Å². The Hall–Kier alpha value is -1.64. The van der Waals surface area contributed by atoms with Crippen LogP contribution in [0, 0.1) is 0 Å². The van der Waals surface area contributed by atoms with Crippen molar-refractivity contribution in [1.29, 1.82) is 0 Å². The Morgan fingerprint density at radius 2 is 1.93 bits per heavy atom. The molecule has 0 radical (unpaired) electrons. The highest BCUT2D eigenvalue weighted by atomic mass is 35.5. The summed E-state index contributed by atoms with van der Waals surface area (Å²) in [5.41, 5.74) is 0.950. The summed E-state index contributed by atoms with van der Waals surface area (Å²) in [6.07, 6.45) is 1.57. The summed E-state index contributed by atoms with van der Waals surface area (Å²) < 4.78 is 33.1. The first-order valence-corrected chi connectivity index (χ1v) is 11.0. The molecule has 0 bridgehead atoms. The van der Waals surface area contributed by atoms with Gasteiger partial charge in [-0.3, -0.25) is 4.79 Å². The van der Waals surface area contributed by atoms with Crippen molar-refractivity contribution in [2.24, 2.45) is 0 Å². The maximum Gasteiger partial charge on any atom is 0.251 e. The molecule has 1 saturated heterocycles. The van der Waals surface area contributed by atoms with Gasteiger partial charge in [-0.25, -0.2) is 13.1 Å². The van der Waals surface area contributed by atoms with E-state index in [0.717, 1.165) is 18.4 Å². The van der Waals surface area contributed by atoms with Crippen LogP contribution in [-0.4, -0.2) is 33.6 Å². The number of benzene rings is 2. The molecule has 1 amide bonds. The van der Waals surface area contributed by atoms with Crippen LogP contribution in [0.1, 0.15) is 28.8 Å². The molecule has 1 fully saturated rings. The highest BCUT2D eigenvalue weighted by Crippen LogP contribution is 2.23. The lowest BCUT2D eigenvalue weighted by atomic mass is 10.2. The number of sulfonamides is 1. The summed E-state index contributed by atoms with van der Waals surface area (Å²) in [6.45, 7) is 1.02. The van der Waals surface area contributed by atoms with E-state index in [0.29, 0.717) is 11.6 Å². The predicted molar refractivity (Wildman–Crippen MR) is 108 cm³/mol. The first-order valence-electron chi connectivity index (χ1n) is 8.79. The average Bonchev–Trinajstić information content (AvgIpc) is 3.19. The molecular weight excluding hydrogens is 423 g/mol. The molecule has 0 aromatic heterocycles. The minimum Gasteiger partial charge on any atom is -0.377 e. The number of carbonyl (C=O) groups is 1. The first kappa shape index (κ1) is 21.1. The summed E-state index contributed by atoms with van der Waals surface area (Å²) in [6, 6.07) is 11.3. The largest absolute Gasteiger partial charge is 0.377 e. The summed E-state index contributed by atoms with van der Waals surface area (Å²) in [7, 11) is -3.87. The lowest BCUT2D eigenvalue weighted by molar-refractivity contribution is 0.0950. The van der Waals surface area contributed by atoms with Gasteiger partial charge in [0.1, 0.15) is 4.90 Å².